The molecule has 6 heteroatoms. The summed E-state index contributed by atoms with van der Waals surface area (Å²) in [6.07, 6.45) is 7.78. The van der Waals surface area contributed by atoms with E-state index in [4.69, 9.17) is 0 Å². The number of hydrogen-bond acceptors (Lipinski definition) is 6. The highest BCUT2D eigenvalue weighted by Crippen LogP contribution is 2.30. The number of nitrogens with zero attached hydrogens (tertiary/aromatic N) is 3. The molecule has 0 fully saturated rings. The van der Waals surface area contributed by atoms with Crippen molar-refractivity contribution in [3.05, 3.63) is 59.5 Å². The summed E-state index contributed by atoms with van der Waals surface area (Å²) in [6, 6.07) is 7.74. The van der Waals surface area contributed by atoms with Crippen LogP contribution in [0.2, 0.25) is 0 Å². The molecule has 0 unspecified atom stereocenters. The van der Waals surface area contributed by atoms with Gasteiger partial charge in [0.05, 0.1) is 9.75 Å². The number of nitrogens with one attached hydrogen (secondary N) is 1. The van der Waals surface area contributed by atoms with Gasteiger partial charge in [-0.1, -0.05) is 0 Å². The fourth-order valence-electron chi connectivity index (χ4n) is 2.18. The quantitative estimate of drug-likeness (QED) is 0.703. The summed E-state index contributed by atoms with van der Waals surface area (Å²) in [7, 11) is 0. The summed E-state index contributed by atoms with van der Waals surface area (Å²) in [6.45, 7) is 2.32. The highest BCUT2D eigenvalue weighted by atomic mass is 32.1. The molecule has 0 amide bonds. The van der Waals surface area contributed by atoms with Crippen LogP contribution in [0.15, 0.2) is 49.1 Å². The minimum atomic E-state index is 0.0670. The number of carbonyl (C=O) groups excluding carboxylic acids is 1. The molecular formula is C17H16N4OS. The molecule has 116 valence electrons. The molecule has 0 spiro atoms. The van der Waals surface area contributed by atoms with Gasteiger partial charge in [-0.25, -0.2) is 9.97 Å². The lowest BCUT2D eigenvalue weighted by molar-refractivity contribution is 0.102. The van der Waals surface area contributed by atoms with Gasteiger partial charge < -0.3 is 5.32 Å². The lowest BCUT2D eigenvalue weighted by Crippen LogP contribution is -2.08. The number of carbonyl (C=O) groups is 1. The number of Topliss-reactive ketones (excluding diaryl/α,β-unsaturated/α-hetero) is 1. The molecule has 5 nitrogen and oxygen atoms in total. The largest absolute Gasteiger partial charge is 0.368 e. The molecule has 3 aromatic heterocycles. The average Bonchev–Trinajstić information content (AvgIpc) is 3.06. The van der Waals surface area contributed by atoms with Crippen molar-refractivity contribution in [1.82, 2.24) is 15.0 Å². The van der Waals surface area contributed by atoms with Gasteiger partial charge in [0.1, 0.15) is 5.69 Å². The van der Waals surface area contributed by atoms with E-state index in [1.54, 1.807) is 31.7 Å². The Balaban J connectivity index is 1.74. The van der Waals surface area contributed by atoms with Gasteiger partial charge in [0, 0.05) is 31.3 Å². The van der Waals surface area contributed by atoms with E-state index in [1.165, 1.54) is 16.9 Å². The Labute approximate surface area is 138 Å². The molecule has 0 aliphatic heterocycles. The van der Waals surface area contributed by atoms with Crippen LogP contribution >= 0.6 is 11.3 Å². The standard InChI is InChI=1S/C17H16N4OS/c1-12(22)14-2-3-15(23-14)16-17(21-11-10-19-16)20-9-6-13-4-7-18-8-5-13/h2-5,7-8,10-11H,6,9H2,1H3,(H,20,21). The van der Waals surface area contributed by atoms with Crippen molar-refractivity contribution in [3.63, 3.8) is 0 Å². The maximum Gasteiger partial charge on any atom is 0.169 e. The zero-order valence-electron chi connectivity index (χ0n) is 12.7. The van der Waals surface area contributed by atoms with E-state index >= 15 is 0 Å². The van der Waals surface area contributed by atoms with Crippen molar-refractivity contribution in [2.45, 2.75) is 13.3 Å². The van der Waals surface area contributed by atoms with Gasteiger partial charge in [-0.3, -0.25) is 9.78 Å². The second kappa shape index (κ2) is 7.11. The summed E-state index contributed by atoms with van der Waals surface area (Å²) in [5.41, 5.74) is 1.99. The maximum absolute atomic E-state index is 11.5. The molecule has 0 saturated heterocycles. The van der Waals surface area contributed by atoms with Gasteiger partial charge in [0.2, 0.25) is 0 Å². The minimum absolute atomic E-state index is 0.0670. The molecular weight excluding hydrogens is 308 g/mol. The Bertz CT molecular complexity index is 801. The van der Waals surface area contributed by atoms with Crippen LogP contribution in [-0.2, 0) is 6.42 Å². The van der Waals surface area contributed by atoms with Crippen molar-refractivity contribution >= 4 is 22.9 Å². The fourth-order valence-corrected chi connectivity index (χ4v) is 3.08. The zero-order valence-corrected chi connectivity index (χ0v) is 13.5. The van der Waals surface area contributed by atoms with Crippen LogP contribution in [0.4, 0.5) is 5.82 Å². The van der Waals surface area contributed by atoms with Crippen LogP contribution in [0.3, 0.4) is 0 Å². The Morgan fingerprint density at radius 3 is 2.61 bits per heavy atom. The van der Waals surface area contributed by atoms with Crippen molar-refractivity contribution in [1.29, 1.82) is 0 Å². The Hall–Kier alpha value is -2.60. The Kier molecular flexibility index (Phi) is 4.73. The number of ketones is 1. The van der Waals surface area contributed by atoms with Crippen LogP contribution in [0.25, 0.3) is 10.6 Å². The third-order valence-electron chi connectivity index (χ3n) is 3.34. The summed E-state index contributed by atoms with van der Waals surface area (Å²) < 4.78 is 0. The predicted molar refractivity (Wildman–Crippen MR) is 91.8 cm³/mol. The van der Waals surface area contributed by atoms with E-state index in [-0.39, 0.29) is 5.78 Å². The maximum atomic E-state index is 11.5. The molecule has 3 rings (SSSR count). The van der Waals surface area contributed by atoms with E-state index in [1.807, 2.05) is 24.3 Å². The third-order valence-corrected chi connectivity index (χ3v) is 4.53. The molecule has 0 atom stereocenters. The van der Waals surface area contributed by atoms with Gasteiger partial charge in [-0.15, -0.1) is 11.3 Å². The molecule has 3 aromatic rings. The van der Waals surface area contributed by atoms with E-state index in [2.05, 4.69) is 20.3 Å². The van der Waals surface area contributed by atoms with Gasteiger partial charge in [-0.2, -0.15) is 0 Å². The number of aromatic nitrogens is 3. The van der Waals surface area contributed by atoms with Gasteiger partial charge in [0.15, 0.2) is 11.6 Å². The lowest BCUT2D eigenvalue weighted by atomic mass is 10.2. The van der Waals surface area contributed by atoms with Gasteiger partial charge in [-0.05, 0) is 43.2 Å². The van der Waals surface area contributed by atoms with Crippen molar-refractivity contribution in [2.75, 3.05) is 11.9 Å². The normalized spacial score (nSPS) is 10.5. The molecule has 0 aliphatic carbocycles. The van der Waals surface area contributed by atoms with Gasteiger partial charge in [0.25, 0.3) is 0 Å². The SMILES string of the molecule is CC(=O)c1ccc(-c2nccnc2NCCc2ccncc2)s1. The molecule has 0 bridgehead atoms. The summed E-state index contributed by atoms with van der Waals surface area (Å²) in [5, 5.41) is 3.33. The number of pyridine rings is 1. The Morgan fingerprint density at radius 1 is 1.09 bits per heavy atom. The molecule has 23 heavy (non-hydrogen) atoms. The second-order valence-electron chi connectivity index (χ2n) is 5.01. The minimum Gasteiger partial charge on any atom is -0.368 e. The first-order valence-corrected chi connectivity index (χ1v) is 8.10. The number of thiophene rings is 1. The van der Waals surface area contributed by atoms with E-state index in [0.717, 1.165) is 34.2 Å². The van der Waals surface area contributed by atoms with Crippen LogP contribution < -0.4 is 5.32 Å². The van der Waals surface area contributed by atoms with Crippen molar-refractivity contribution in [2.24, 2.45) is 0 Å². The monoisotopic (exact) mass is 324 g/mol. The molecule has 1 N–H and O–H groups in total. The van der Waals surface area contributed by atoms with E-state index in [9.17, 15) is 4.79 Å². The molecule has 0 saturated carbocycles. The molecule has 0 aliphatic rings. The molecule has 3 heterocycles. The first-order chi connectivity index (χ1) is 11.2. The number of hydrogen-bond donors (Lipinski definition) is 1. The second-order valence-corrected chi connectivity index (χ2v) is 6.09. The van der Waals surface area contributed by atoms with Crippen molar-refractivity contribution < 1.29 is 4.79 Å². The van der Waals surface area contributed by atoms with Crippen molar-refractivity contribution in [3.8, 4) is 10.6 Å². The average molecular weight is 324 g/mol. The van der Waals surface area contributed by atoms with E-state index in [0.29, 0.717) is 0 Å². The van der Waals surface area contributed by atoms with Crippen LogP contribution in [0.1, 0.15) is 22.2 Å². The summed E-state index contributed by atoms with van der Waals surface area (Å²) in [5.74, 6) is 0.802. The van der Waals surface area contributed by atoms with Crippen LogP contribution in [0, 0.1) is 0 Å². The zero-order chi connectivity index (χ0) is 16.1. The predicted octanol–water partition coefficient (Wildman–Crippen LogP) is 3.46. The highest BCUT2D eigenvalue weighted by molar-refractivity contribution is 7.17. The number of anilines is 1. The van der Waals surface area contributed by atoms with Crippen LogP contribution in [-0.4, -0.2) is 27.3 Å². The number of rotatable bonds is 6. The van der Waals surface area contributed by atoms with E-state index < -0.39 is 0 Å². The molecule has 0 aromatic carbocycles. The summed E-state index contributed by atoms with van der Waals surface area (Å²) >= 11 is 1.44. The Morgan fingerprint density at radius 2 is 1.87 bits per heavy atom. The fraction of sp³-hybridized carbons (Fsp3) is 0.176. The third kappa shape index (κ3) is 3.78. The van der Waals surface area contributed by atoms with Gasteiger partial charge >= 0.3 is 0 Å². The highest BCUT2D eigenvalue weighted by Gasteiger charge is 2.12. The first-order valence-electron chi connectivity index (χ1n) is 7.29. The van der Waals surface area contributed by atoms with Crippen LogP contribution in [0.5, 0.6) is 0 Å². The molecule has 0 radical (unpaired) electrons. The smallest absolute Gasteiger partial charge is 0.169 e. The first kappa shape index (κ1) is 15.3. The topological polar surface area (TPSA) is 67.8 Å². The lowest BCUT2D eigenvalue weighted by Gasteiger charge is -2.08. The summed E-state index contributed by atoms with van der Waals surface area (Å²) in [4.78, 5) is 25.9.